The zero-order valence-corrected chi connectivity index (χ0v) is 13.6. The maximum Gasteiger partial charge on any atom is 0.253 e. The lowest BCUT2D eigenvalue weighted by Gasteiger charge is -2.23. The molecule has 0 N–H and O–H groups in total. The largest absolute Gasteiger partial charge is 0.338 e. The molecule has 1 atom stereocenters. The second-order valence-corrected chi connectivity index (χ2v) is 6.57. The Balaban J connectivity index is 1.52. The number of pyridine rings is 1. The molecule has 2 aliphatic rings. The topological polar surface area (TPSA) is 71.3 Å². The number of nitrogens with zero attached hydrogens (tertiary/aromatic N) is 5. The fourth-order valence-electron chi connectivity index (χ4n) is 3.72. The minimum Gasteiger partial charge on any atom is -0.338 e. The molecule has 2 saturated heterocycles. The van der Waals surface area contributed by atoms with E-state index >= 15 is 0 Å². The molecule has 124 valence electrons. The van der Waals surface area contributed by atoms with Crippen molar-refractivity contribution in [3.8, 4) is 0 Å². The summed E-state index contributed by atoms with van der Waals surface area (Å²) in [6, 6.07) is 3.43. The van der Waals surface area contributed by atoms with Gasteiger partial charge in [-0.25, -0.2) is 0 Å². The Morgan fingerprint density at radius 1 is 1.21 bits per heavy atom. The van der Waals surface area contributed by atoms with Crippen molar-refractivity contribution in [1.82, 2.24) is 19.7 Å². The summed E-state index contributed by atoms with van der Waals surface area (Å²) < 4.78 is 1.70. The lowest BCUT2D eigenvalue weighted by atomic mass is 9.85. The van der Waals surface area contributed by atoms with E-state index in [4.69, 9.17) is 0 Å². The Morgan fingerprint density at radius 3 is 2.67 bits per heavy atom. The first-order valence-corrected chi connectivity index (χ1v) is 8.09. The van der Waals surface area contributed by atoms with Crippen molar-refractivity contribution in [2.24, 2.45) is 12.5 Å². The fraction of sp³-hybridized carbons (Fsp3) is 0.412. The van der Waals surface area contributed by atoms with Gasteiger partial charge in [0.15, 0.2) is 0 Å². The normalized spacial score (nSPS) is 23.5. The molecule has 0 saturated carbocycles. The van der Waals surface area contributed by atoms with Crippen molar-refractivity contribution in [2.75, 3.05) is 24.5 Å². The molecule has 2 amide bonds. The number of carbonyl (C=O) groups excluding carboxylic acids is 2. The first kappa shape index (κ1) is 14.9. The molecule has 0 aromatic carbocycles. The monoisotopic (exact) mass is 325 g/mol. The Labute approximate surface area is 139 Å². The van der Waals surface area contributed by atoms with E-state index in [9.17, 15) is 9.59 Å². The molecule has 7 nitrogen and oxygen atoms in total. The molecule has 0 radical (unpaired) electrons. The van der Waals surface area contributed by atoms with E-state index in [1.165, 1.54) is 0 Å². The molecule has 2 aromatic rings. The summed E-state index contributed by atoms with van der Waals surface area (Å²) in [5.74, 6) is 0.0856. The molecule has 4 heterocycles. The summed E-state index contributed by atoms with van der Waals surface area (Å²) in [6.07, 6.45) is 8.30. The number of likely N-dealkylation sites (tertiary alicyclic amines) is 1. The molecule has 1 unspecified atom stereocenters. The summed E-state index contributed by atoms with van der Waals surface area (Å²) in [6.45, 7) is 1.79. The van der Waals surface area contributed by atoms with Crippen molar-refractivity contribution < 1.29 is 9.59 Å². The van der Waals surface area contributed by atoms with E-state index in [1.807, 2.05) is 13.2 Å². The Hall–Kier alpha value is -2.70. The predicted molar refractivity (Wildman–Crippen MR) is 87.4 cm³/mol. The number of amides is 2. The standard InChI is InChI=1S/C17H19N5O2/c1-20-11-14(10-19-20)22-9-5-17(16(22)24)4-8-21(12-17)15(23)13-2-6-18-7-3-13/h2-3,6-7,10-11H,4-5,8-9,12H2,1H3. The Kier molecular flexibility index (Phi) is 3.37. The fourth-order valence-corrected chi connectivity index (χ4v) is 3.72. The van der Waals surface area contributed by atoms with Crippen LogP contribution in [-0.4, -0.2) is 51.1 Å². The predicted octanol–water partition coefficient (Wildman–Crippen LogP) is 1.08. The highest BCUT2D eigenvalue weighted by Crippen LogP contribution is 2.42. The van der Waals surface area contributed by atoms with Crippen LogP contribution >= 0.6 is 0 Å². The number of hydrogen-bond acceptors (Lipinski definition) is 4. The van der Waals surface area contributed by atoms with Gasteiger partial charge in [0, 0.05) is 50.8 Å². The first-order valence-electron chi connectivity index (χ1n) is 8.09. The van der Waals surface area contributed by atoms with Gasteiger partial charge in [-0.3, -0.25) is 19.3 Å². The van der Waals surface area contributed by atoms with Gasteiger partial charge in [0.05, 0.1) is 17.3 Å². The summed E-state index contributed by atoms with van der Waals surface area (Å²) in [5, 5.41) is 4.15. The van der Waals surface area contributed by atoms with Crippen molar-refractivity contribution in [1.29, 1.82) is 0 Å². The molecule has 4 rings (SSSR count). The van der Waals surface area contributed by atoms with E-state index in [0.717, 1.165) is 18.5 Å². The highest BCUT2D eigenvalue weighted by atomic mass is 16.2. The van der Waals surface area contributed by atoms with Gasteiger partial charge >= 0.3 is 0 Å². The third-order valence-corrected chi connectivity index (χ3v) is 5.08. The summed E-state index contributed by atoms with van der Waals surface area (Å²) in [5.41, 5.74) is 1.01. The Morgan fingerprint density at radius 2 is 1.96 bits per heavy atom. The van der Waals surface area contributed by atoms with E-state index in [-0.39, 0.29) is 11.8 Å². The van der Waals surface area contributed by atoms with Gasteiger partial charge in [-0.2, -0.15) is 5.10 Å². The summed E-state index contributed by atoms with van der Waals surface area (Å²) in [7, 11) is 1.84. The van der Waals surface area contributed by atoms with Gasteiger partial charge in [-0.1, -0.05) is 0 Å². The summed E-state index contributed by atoms with van der Waals surface area (Å²) >= 11 is 0. The molecule has 2 aromatic heterocycles. The van der Waals surface area contributed by atoms with Gasteiger partial charge in [-0.15, -0.1) is 0 Å². The van der Waals surface area contributed by atoms with Crippen LogP contribution in [0.1, 0.15) is 23.2 Å². The Bertz CT molecular complexity index is 787. The number of aromatic nitrogens is 3. The molecule has 24 heavy (non-hydrogen) atoms. The van der Waals surface area contributed by atoms with E-state index in [2.05, 4.69) is 10.1 Å². The van der Waals surface area contributed by atoms with Crippen LogP contribution in [0.2, 0.25) is 0 Å². The molecule has 0 aliphatic carbocycles. The van der Waals surface area contributed by atoms with Gasteiger partial charge in [0.1, 0.15) is 0 Å². The number of rotatable bonds is 2. The van der Waals surface area contributed by atoms with Gasteiger partial charge in [-0.05, 0) is 25.0 Å². The zero-order chi connectivity index (χ0) is 16.7. The van der Waals surface area contributed by atoms with Gasteiger partial charge < -0.3 is 9.80 Å². The molecule has 7 heteroatoms. The second kappa shape index (κ2) is 5.43. The van der Waals surface area contributed by atoms with Gasteiger partial charge in [0.25, 0.3) is 5.91 Å². The SMILES string of the molecule is Cn1cc(N2CCC3(CCN(C(=O)c4ccncc4)C3)C2=O)cn1. The highest BCUT2D eigenvalue weighted by Gasteiger charge is 2.52. The van der Waals surface area contributed by atoms with Crippen LogP contribution in [0.25, 0.3) is 0 Å². The van der Waals surface area contributed by atoms with Crippen molar-refractivity contribution in [3.05, 3.63) is 42.5 Å². The minimum absolute atomic E-state index is 0.0260. The summed E-state index contributed by atoms with van der Waals surface area (Å²) in [4.78, 5) is 33.1. The van der Waals surface area contributed by atoms with Crippen LogP contribution in [0.5, 0.6) is 0 Å². The van der Waals surface area contributed by atoms with Crippen molar-refractivity contribution in [3.63, 3.8) is 0 Å². The van der Waals surface area contributed by atoms with Crippen LogP contribution < -0.4 is 4.90 Å². The van der Waals surface area contributed by atoms with E-state index < -0.39 is 5.41 Å². The number of carbonyl (C=O) groups is 2. The van der Waals surface area contributed by atoms with Crippen LogP contribution in [0.3, 0.4) is 0 Å². The maximum atomic E-state index is 13.0. The van der Waals surface area contributed by atoms with Crippen LogP contribution in [0, 0.1) is 5.41 Å². The molecular weight excluding hydrogens is 306 g/mol. The minimum atomic E-state index is -0.446. The van der Waals surface area contributed by atoms with E-state index in [1.54, 1.807) is 45.2 Å². The smallest absolute Gasteiger partial charge is 0.253 e. The molecule has 0 bridgehead atoms. The zero-order valence-electron chi connectivity index (χ0n) is 13.6. The van der Waals surface area contributed by atoms with Crippen molar-refractivity contribution in [2.45, 2.75) is 12.8 Å². The average Bonchev–Trinajstić information content (AvgIpc) is 3.30. The van der Waals surface area contributed by atoms with Crippen LogP contribution in [-0.2, 0) is 11.8 Å². The number of anilines is 1. The highest BCUT2D eigenvalue weighted by molar-refractivity contribution is 6.01. The van der Waals surface area contributed by atoms with Crippen molar-refractivity contribution >= 4 is 17.5 Å². The second-order valence-electron chi connectivity index (χ2n) is 6.57. The molecule has 2 aliphatic heterocycles. The van der Waals surface area contributed by atoms with Crippen LogP contribution in [0.4, 0.5) is 5.69 Å². The molecular formula is C17H19N5O2. The van der Waals surface area contributed by atoms with Gasteiger partial charge in [0.2, 0.25) is 5.91 Å². The van der Waals surface area contributed by atoms with Crippen LogP contribution in [0.15, 0.2) is 36.9 Å². The molecule has 1 spiro atoms. The maximum absolute atomic E-state index is 13.0. The number of hydrogen-bond donors (Lipinski definition) is 0. The number of aryl methyl sites for hydroxylation is 1. The average molecular weight is 325 g/mol. The lowest BCUT2D eigenvalue weighted by molar-refractivity contribution is -0.124. The third-order valence-electron chi connectivity index (χ3n) is 5.08. The first-order chi connectivity index (χ1) is 11.6. The lowest BCUT2D eigenvalue weighted by Crippen LogP contribution is -2.38. The van der Waals surface area contributed by atoms with E-state index in [0.29, 0.717) is 25.2 Å². The third kappa shape index (κ3) is 2.28. The quantitative estimate of drug-likeness (QED) is 0.828. The molecule has 2 fully saturated rings.